The number of carbonyl (C=O) groups excluding carboxylic acids is 1. The lowest BCUT2D eigenvalue weighted by Crippen LogP contribution is -2.52. The van der Waals surface area contributed by atoms with E-state index in [0.717, 1.165) is 0 Å². The fraction of sp³-hybridized carbons (Fsp3) is 0.348. The molecule has 1 aliphatic heterocycles. The molecule has 8 nitrogen and oxygen atoms in total. The van der Waals surface area contributed by atoms with Crippen molar-refractivity contribution in [3.8, 4) is 11.5 Å². The van der Waals surface area contributed by atoms with Crippen LogP contribution in [0.3, 0.4) is 0 Å². The van der Waals surface area contributed by atoms with Gasteiger partial charge >= 0.3 is 0 Å². The van der Waals surface area contributed by atoms with Crippen molar-refractivity contribution in [2.45, 2.75) is 37.3 Å². The van der Waals surface area contributed by atoms with E-state index in [-0.39, 0.29) is 54.5 Å². The first-order chi connectivity index (χ1) is 17.0. The molecule has 1 saturated heterocycles. The third-order valence-electron chi connectivity index (χ3n) is 5.98. The summed E-state index contributed by atoms with van der Waals surface area (Å²) in [5, 5.41) is 10.6. The van der Waals surface area contributed by atoms with Crippen molar-refractivity contribution in [2.75, 3.05) is 11.5 Å². The molecule has 0 radical (unpaired) electrons. The minimum absolute atomic E-state index is 0.0166. The summed E-state index contributed by atoms with van der Waals surface area (Å²) in [5.74, 6) is -5.28. The Morgan fingerprint density at radius 1 is 1.06 bits per heavy atom. The molecule has 0 unspecified atom stereocenters. The van der Waals surface area contributed by atoms with Gasteiger partial charge in [-0.25, -0.2) is 26.0 Å². The normalized spacial score (nSPS) is 17.5. The summed E-state index contributed by atoms with van der Waals surface area (Å²) in [7, 11) is -3.35. The Bertz CT molecular complexity index is 1380. The average Bonchev–Trinajstić information content (AvgIpc) is 3.30. The minimum atomic E-state index is -3.35. The highest BCUT2D eigenvalue weighted by atomic mass is 32.2. The summed E-state index contributed by atoms with van der Waals surface area (Å²) in [6.45, 7) is 0. The van der Waals surface area contributed by atoms with Gasteiger partial charge in [-0.1, -0.05) is 6.07 Å². The molecule has 2 heterocycles. The standard InChI is InChI=1S/C23H22F4N4O4S/c24-15-3-1-2-13(8-15)21-30-31-22(35-21)23(4-6-36(33,34)7-5-23)29-20(32)11-16(28)9-14-10-18(26)19(27)12-17(14)25/h1-3,8,10,12,16H,4-7,9,11,28H2,(H,29,32)/t16-/m1/s1. The Kier molecular flexibility index (Phi) is 7.14. The Hall–Kier alpha value is -3.32. The lowest BCUT2D eigenvalue weighted by Gasteiger charge is -2.35. The average molecular weight is 527 g/mol. The van der Waals surface area contributed by atoms with Crippen molar-refractivity contribution in [3.05, 3.63) is 71.1 Å². The van der Waals surface area contributed by atoms with E-state index in [1.807, 2.05) is 0 Å². The Balaban J connectivity index is 1.53. The zero-order valence-electron chi connectivity index (χ0n) is 18.8. The number of nitrogens with zero attached hydrogens (tertiary/aromatic N) is 2. The van der Waals surface area contributed by atoms with Gasteiger partial charge in [0.25, 0.3) is 0 Å². The molecule has 36 heavy (non-hydrogen) atoms. The van der Waals surface area contributed by atoms with Crippen LogP contribution < -0.4 is 11.1 Å². The monoisotopic (exact) mass is 526 g/mol. The van der Waals surface area contributed by atoms with Crippen LogP contribution in [0.15, 0.2) is 40.8 Å². The molecule has 3 aromatic rings. The third kappa shape index (κ3) is 5.73. The molecule has 1 aliphatic rings. The van der Waals surface area contributed by atoms with Gasteiger partial charge in [0.2, 0.25) is 17.7 Å². The van der Waals surface area contributed by atoms with Gasteiger partial charge < -0.3 is 15.5 Å². The van der Waals surface area contributed by atoms with Gasteiger partial charge in [0.05, 0.1) is 11.5 Å². The van der Waals surface area contributed by atoms with Crippen LogP contribution in [0.5, 0.6) is 0 Å². The number of nitrogens with one attached hydrogen (secondary N) is 1. The van der Waals surface area contributed by atoms with E-state index in [4.69, 9.17) is 10.2 Å². The maximum atomic E-state index is 14.0. The van der Waals surface area contributed by atoms with Gasteiger partial charge in [-0.2, -0.15) is 0 Å². The Labute approximate surface area is 203 Å². The molecule has 1 atom stereocenters. The van der Waals surface area contributed by atoms with Gasteiger partial charge in [0, 0.05) is 24.1 Å². The van der Waals surface area contributed by atoms with Crippen molar-refractivity contribution in [1.82, 2.24) is 15.5 Å². The van der Waals surface area contributed by atoms with E-state index in [9.17, 15) is 30.8 Å². The van der Waals surface area contributed by atoms with Crippen LogP contribution in [0.25, 0.3) is 11.5 Å². The highest BCUT2D eigenvalue weighted by Crippen LogP contribution is 2.35. The molecule has 0 aliphatic carbocycles. The number of nitrogens with two attached hydrogens (primary N) is 1. The van der Waals surface area contributed by atoms with Gasteiger partial charge in [-0.3, -0.25) is 4.79 Å². The third-order valence-corrected chi connectivity index (χ3v) is 7.64. The summed E-state index contributed by atoms with van der Waals surface area (Å²) < 4.78 is 84.0. The molecule has 192 valence electrons. The zero-order chi connectivity index (χ0) is 26.1. The molecule has 1 fully saturated rings. The second-order valence-corrected chi connectivity index (χ2v) is 11.0. The molecular weight excluding hydrogens is 504 g/mol. The Morgan fingerprint density at radius 2 is 1.75 bits per heavy atom. The SMILES string of the molecule is N[C@@H](CC(=O)NC1(c2nnc(-c3cccc(F)c3)o2)CCS(=O)(=O)CC1)Cc1cc(F)c(F)cc1F. The predicted molar refractivity (Wildman–Crippen MR) is 120 cm³/mol. The van der Waals surface area contributed by atoms with Gasteiger partial charge in [-0.15, -0.1) is 10.2 Å². The van der Waals surface area contributed by atoms with Crippen LogP contribution >= 0.6 is 0 Å². The molecular formula is C23H22F4N4O4S. The maximum Gasteiger partial charge on any atom is 0.247 e. The molecule has 4 rings (SSSR count). The maximum absolute atomic E-state index is 14.0. The van der Waals surface area contributed by atoms with E-state index in [1.165, 1.54) is 18.2 Å². The van der Waals surface area contributed by atoms with Crippen LogP contribution in [0, 0.1) is 23.3 Å². The number of amides is 1. The predicted octanol–water partition coefficient (Wildman–Crippen LogP) is 2.77. The van der Waals surface area contributed by atoms with E-state index in [1.54, 1.807) is 6.07 Å². The number of hydrogen-bond acceptors (Lipinski definition) is 7. The first-order valence-electron chi connectivity index (χ1n) is 11.0. The van der Waals surface area contributed by atoms with Crippen LogP contribution in [-0.4, -0.2) is 42.1 Å². The first-order valence-corrected chi connectivity index (χ1v) is 12.8. The van der Waals surface area contributed by atoms with Gasteiger partial charge in [0.15, 0.2) is 21.5 Å². The second kappa shape index (κ2) is 9.97. The van der Waals surface area contributed by atoms with Crippen molar-refractivity contribution >= 4 is 15.7 Å². The number of benzene rings is 2. The fourth-order valence-corrected chi connectivity index (χ4v) is 5.59. The van der Waals surface area contributed by atoms with E-state index in [0.29, 0.717) is 17.7 Å². The largest absolute Gasteiger partial charge is 0.418 e. The van der Waals surface area contributed by atoms with Crippen LogP contribution in [0.1, 0.15) is 30.7 Å². The summed E-state index contributed by atoms with van der Waals surface area (Å²) in [6, 6.07) is 5.56. The quantitative estimate of drug-likeness (QED) is 0.358. The number of halogens is 4. The molecule has 0 bridgehead atoms. The smallest absolute Gasteiger partial charge is 0.247 e. The fourth-order valence-electron chi connectivity index (χ4n) is 4.06. The van der Waals surface area contributed by atoms with E-state index in [2.05, 4.69) is 15.5 Å². The molecule has 1 aromatic heterocycles. The molecule has 13 heteroatoms. The van der Waals surface area contributed by atoms with Crippen LogP contribution in [-0.2, 0) is 26.6 Å². The lowest BCUT2D eigenvalue weighted by atomic mass is 9.91. The summed E-state index contributed by atoms with van der Waals surface area (Å²) >= 11 is 0. The summed E-state index contributed by atoms with van der Waals surface area (Å²) in [6.07, 6.45) is -0.697. The Morgan fingerprint density at radius 3 is 2.44 bits per heavy atom. The second-order valence-electron chi connectivity index (χ2n) is 8.73. The van der Waals surface area contributed by atoms with Crippen molar-refractivity contribution in [2.24, 2.45) is 5.73 Å². The van der Waals surface area contributed by atoms with Crippen LogP contribution in [0.4, 0.5) is 17.6 Å². The summed E-state index contributed by atoms with van der Waals surface area (Å²) in [5.41, 5.74) is 4.75. The van der Waals surface area contributed by atoms with Crippen molar-refractivity contribution < 1.29 is 35.2 Å². The van der Waals surface area contributed by atoms with Crippen molar-refractivity contribution in [3.63, 3.8) is 0 Å². The lowest BCUT2D eigenvalue weighted by molar-refractivity contribution is -0.124. The highest BCUT2D eigenvalue weighted by Gasteiger charge is 2.44. The highest BCUT2D eigenvalue weighted by molar-refractivity contribution is 7.91. The van der Waals surface area contributed by atoms with E-state index < -0.39 is 50.6 Å². The number of hydrogen-bond donors (Lipinski definition) is 2. The first kappa shape index (κ1) is 25.8. The number of carbonyl (C=O) groups is 1. The van der Waals surface area contributed by atoms with Crippen LogP contribution in [0.2, 0.25) is 0 Å². The topological polar surface area (TPSA) is 128 Å². The summed E-state index contributed by atoms with van der Waals surface area (Å²) in [4.78, 5) is 12.9. The number of sulfone groups is 1. The number of rotatable bonds is 7. The van der Waals surface area contributed by atoms with Gasteiger partial charge in [-0.05, 0) is 49.1 Å². The molecule has 1 amide bonds. The minimum Gasteiger partial charge on any atom is -0.418 e. The van der Waals surface area contributed by atoms with Gasteiger partial charge in [0.1, 0.15) is 17.2 Å². The molecule has 3 N–H and O–H groups in total. The zero-order valence-corrected chi connectivity index (χ0v) is 19.6. The molecule has 0 saturated carbocycles. The number of aromatic nitrogens is 2. The van der Waals surface area contributed by atoms with Crippen molar-refractivity contribution in [1.29, 1.82) is 0 Å². The van der Waals surface area contributed by atoms with E-state index >= 15 is 0 Å². The molecule has 0 spiro atoms. The molecule has 2 aromatic carbocycles.